The van der Waals surface area contributed by atoms with Crippen LogP contribution in [-0.2, 0) is 4.79 Å². The van der Waals surface area contributed by atoms with Crippen LogP contribution in [0.4, 0.5) is 0 Å². The molecule has 0 aromatic rings. The molecule has 0 bridgehead atoms. The van der Waals surface area contributed by atoms with Gasteiger partial charge < -0.3 is 20.6 Å². The van der Waals surface area contributed by atoms with Gasteiger partial charge in [0.2, 0.25) is 5.91 Å². The summed E-state index contributed by atoms with van der Waals surface area (Å²) in [5, 5.41) is 28.8. The fourth-order valence-corrected chi connectivity index (χ4v) is 0.673. The summed E-state index contributed by atoms with van der Waals surface area (Å²) in [7, 11) is 0. The molecule has 0 heterocycles. The SMILES string of the molecule is CC(O)(CO)CNC(=O)CCCO. The standard InChI is InChI=1S/C8H17NO4/c1-8(13,6-11)5-9-7(12)3-2-4-10/h10-11,13H,2-6H2,1H3,(H,9,12). The second-order valence-corrected chi connectivity index (χ2v) is 3.26. The molecule has 0 saturated carbocycles. The lowest BCUT2D eigenvalue weighted by Gasteiger charge is -2.20. The quantitative estimate of drug-likeness (QED) is 0.416. The molecule has 0 radical (unpaired) electrons. The smallest absolute Gasteiger partial charge is 0.220 e. The molecule has 0 aliphatic carbocycles. The first-order chi connectivity index (χ1) is 6.02. The second kappa shape index (κ2) is 5.90. The number of aliphatic hydroxyl groups is 3. The summed E-state index contributed by atoms with van der Waals surface area (Å²) < 4.78 is 0. The zero-order valence-corrected chi connectivity index (χ0v) is 7.79. The maximum absolute atomic E-state index is 10.9. The molecule has 78 valence electrons. The number of carbonyl (C=O) groups is 1. The van der Waals surface area contributed by atoms with E-state index in [-0.39, 0.29) is 25.5 Å². The van der Waals surface area contributed by atoms with Crippen LogP contribution < -0.4 is 5.32 Å². The van der Waals surface area contributed by atoms with Crippen LogP contribution in [0.15, 0.2) is 0 Å². The molecule has 5 heteroatoms. The topological polar surface area (TPSA) is 89.8 Å². The summed E-state index contributed by atoms with van der Waals surface area (Å²) in [4.78, 5) is 10.9. The predicted octanol–water partition coefficient (Wildman–Crippen LogP) is -1.38. The van der Waals surface area contributed by atoms with Gasteiger partial charge in [0.25, 0.3) is 0 Å². The molecule has 0 aliphatic rings. The number of carbonyl (C=O) groups excluding carboxylic acids is 1. The van der Waals surface area contributed by atoms with Gasteiger partial charge in [0.15, 0.2) is 0 Å². The van der Waals surface area contributed by atoms with E-state index in [0.717, 1.165) is 0 Å². The van der Waals surface area contributed by atoms with Crippen molar-refractivity contribution in [2.24, 2.45) is 0 Å². The van der Waals surface area contributed by atoms with Crippen LogP contribution in [0.1, 0.15) is 19.8 Å². The Hall–Kier alpha value is -0.650. The Kier molecular flexibility index (Phi) is 5.61. The summed E-state index contributed by atoms with van der Waals surface area (Å²) in [5.41, 5.74) is -1.27. The first-order valence-corrected chi connectivity index (χ1v) is 4.22. The van der Waals surface area contributed by atoms with Gasteiger partial charge in [-0.05, 0) is 13.3 Å². The minimum atomic E-state index is -1.27. The van der Waals surface area contributed by atoms with E-state index in [4.69, 9.17) is 10.2 Å². The summed E-state index contributed by atoms with van der Waals surface area (Å²) in [6.07, 6.45) is 0.644. The Bertz CT molecular complexity index is 158. The number of nitrogens with one attached hydrogen (secondary N) is 1. The Morgan fingerprint density at radius 3 is 2.54 bits per heavy atom. The lowest BCUT2D eigenvalue weighted by Crippen LogP contribution is -2.43. The first kappa shape index (κ1) is 12.3. The highest BCUT2D eigenvalue weighted by atomic mass is 16.3. The van der Waals surface area contributed by atoms with Gasteiger partial charge in [0.05, 0.1) is 6.61 Å². The minimum absolute atomic E-state index is 0.0216. The summed E-state index contributed by atoms with van der Waals surface area (Å²) in [6.45, 7) is 1.03. The predicted molar refractivity (Wildman–Crippen MR) is 47.0 cm³/mol. The van der Waals surface area contributed by atoms with E-state index in [2.05, 4.69) is 5.32 Å². The lowest BCUT2D eigenvalue weighted by atomic mass is 10.1. The molecule has 0 rings (SSSR count). The molecule has 0 saturated heterocycles. The van der Waals surface area contributed by atoms with E-state index < -0.39 is 12.2 Å². The molecular weight excluding hydrogens is 174 g/mol. The maximum atomic E-state index is 10.9. The van der Waals surface area contributed by atoms with Crippen molar-refractivity contribution in [1.82, 2.24) is 5.32 Å². The van der Waals surface area contributed by atoms with Gasteiger partial charge >= 0.3 is 0 Å². The largest absolute Gasteiger partial charge is 0.396 e. The van der Waals surface area contributed by atoms with Gasteiger partial charge in [0, 0.05) is 19.6 Å². The Labute approximate surface area is 77.4 Å². The molecule has 1 atom stereocenters. The van der Waals surface area contributed by atoms with Crippen molar-refractivity contribution in [3.05, 3.63) is 0 Å². The third-order valence-electron chi connectivity index (χ3n) is 1.57. The van der Waals surface area contributed by atoms with Crippen molar-refractivity contribution in [2.45, 2.75) is 25.4 Å². The Balaban J connectivity index is 3.57. The molecule has 0 aromatic heterocycles. The zero-order chi connectivity index (χ0) is 10.3. The van der Waals surface area contributed by atoms with Crippen molar-refractivity contribution in [3.8, 4) is 0 Å². The number of hydrogen-bond acceptors (Lipinski definition) is 4. The molecule has 13 heavy (non-hydrogen) atoms. The molecule has 0 fully saturated rings. The fourth-order valence-electron chi connectivity index (χ4n) is 0.673. The van der Waals surface area contributed by atoms with Crippen molar-refractivity contribution in [3.63, 3.8) is 0 Å². The maximum Gasteiger partial charge on any atom is 0.220 e. The molecule has 0 aromatic carbocycles. The molecule has 0 aliphatic heterocycles. The summed E-state index contributed by atoms with van der Waals surface area (Å²) >= 11 is 0. The number of aliphatic hydroxyl groups excluding tert-OH is 2. The number of rotatable bonds is 6. The first-order valence-electron chi connectivity index (χ1n) is 4.22. The van der Waals surface area contributed by atoms with E-state index >= 15 is 0 Å². The fraction of sp³-hybridized carbons (Fsp3) is 0.875. The zero-order valence-electron chi connectivity index (χ0n) is 7.79. The van der Waals surface area contributed by atoms with E-state index in [0.29, 0.717) is 6.42 Å². The van der Waals surface area contributed by atoms with Crippen LogP contribution in [-0.4, -0.2) is 46.6 Å². The van der Waals surface area contributed by atoms with E-state index in [1.807, 2.05) is 0 Å². The molecule has 5 nitrogen and oxygen atoms in total. The summed E-state index contributed by atoms with van der Waals surface area (Å²) in [6, 6.07) is 0. The van der Waals surface area contributed by atoms with E-state index in [1.165, 1.54) is 6.92 Å². The minimum Gasteiger partial charge on any atom is -0.396 e. The van der Waals surface area contributed by atoms with Crippen LogP contribution in [0.3, 0.4) is 0 Å². The van der Waals surface area contributed by atoms with Gasteiger partial charge in [-0.15, -0.1) is 0 Å². The van der Waals surface area contributed by atoms with Crippen LogP contribution in [0, 0.1) is 0 Å². The van der Waals surface area contributed by atoms with Crippen LogP contribution >= 0.6 is 0 Å². The van der Waals surface area contributed by atoms with Crippen LogP contribution in [0.25, 0.3) is 0 Å². The van der Waals surface area contributed by atoms with Gasteiger partial charge in [-0.3, -0.25) is 4.79 Å². The molecular formula is C8H17NO4. The van der Waals surface area contributed by atoms with E-state index in [9.17, 15) is 9.90 Å². The highest BCUT2D eigenvalue weighted by Crippen LogP contribution is 1.98. The van der Waals surface area contributed by atoms with Crippen molar-refractivity contribution in [1.29, 1.82) is 0 Å². The van der Waals surface area contributed by atoms with Crippen molar-refractivity contribution < 1.29 is 20.1 Å². The molecule has 1 amide bonds. The van der Waals surface area contributed by atoms with Crippen LogP contribution in [0.2, 0.25) is 0 Å². The van der Waals surface area contributed by atoms with Crippen molar-refractivity contribution in [2.75, 3.05) is 19.8 Å². The third-order valence-corrected chi connectivity index (χ3v) is 1.57. The van der Waals surface area contributed by atoms with Crippen LogP contribution in [0.5, 0.6) is 0 Å². The van der Waals surface area contributed by atoms with Gasteiger partial charge in [0.1, 0.15) is 5.60 Å². The number of hydrogen-bond donors (Lipinski definition) is 4. The average molecular weight is 191 g/mol. The van der Waals surface area contributed by atoms with Gasteiger partial charge in [-0.2, -0.15) is 0 Å². The number of amides is 1. The van der Waals surface area contributed by atoms with E-state index in [1.54, 1.807) is 0 Å². The lowest BCUT2D eigenvalue weighted by molar-refractivity contribution is -0.122. The highest BCUT2D eigenvalue weighted by molar-refractivity contribution is 5.75. The van der Waals surface area contributed by atoms with Gasteiger partial charge in [-0.1, -0.05) is 0 Å². The average Bonchev–Trinajstić information content (AvgIpc) is 2.11. The molecule has 0 spiro atoms. The third kappa shape index (κ3) is 6.51. The van der Waals surface area contributed by atoms with Crippen molar-refractivity contribution >= 4 is 5.91 Å². The van der Waals surface area contributed by atoms with Gasteiger partial charge in [-0.25, -0.2) is 0 Å². The Morgan fingerprint density at radius 2 is 2.08 bits per heavy atom. The molecule has 1 unspecified atom stereocenters. The monoisotopic (exact) mass is 191 g/mol. The Morgan fingerprint density at radius 1 is 1.46 bits per heavy atom. The second-order valence-electron chi connectivity index (χ2n) is 3.26. The summed E-state index contributed by atoms with van der Waals surface area (Å²) in [5.74, 6) is -0.234. The molecule has 4 N–H and O–H groups in total. The highest BCUT2D eigenvalue weighted by Gasteiger charge is 2.19. The normalized spacial score (nSPS) is 15.1.